The molecule has 1 aliphatic rings. The molecule has 33 valence electrons. The number of hydrogen-bond donors (Lipinski definition) is 2. The standard InChI is InChI=1S/C4H7N2/c1-4-2-5-6-3-4/h2-3,5-6H,1H3. The van der Waals surface area contributed by atoms with Gasteiger partial charge in [-0.05, 0) is 12.5 Å². The number of hydrogen-bond acceptors (Lipinski definition) is 2. The highest BCUT2D eigenvalue weighted by atomic mass is 15.4. The maximum atomic E-state index is 2.80. The van der Waals surface area contributed by atoms with Crippen LogP contribution in [-0.4, -0.2) is 0 Å². The van der Waals surface area contributed by atoms with E-state index in [1.807, 2.05) is 19.7 Å². The number of rotatable bonds is 0. The van der Waals surface area contributed by atoms with Crippen molar-refractivity contribution < 1.29 is 0 Å². The first-order valence-corrected chi connectivity index (χ1v) is 1.90. The summed E-state index contributed by atoms with van der Waals surface area (Å²) in [6.45, 7) is 3.92. The van der Waals surface area contributed by atoms with Gasteiger partial charge < -0.3 is 5.43 Å². The fraction of sp³-hybridized carbons (Fsp3) is 0.250. The molecule has 0 amide bonds. The first kappa shape index (κ1) is 3.68. The summed E-state index contributed by atoms with van der Waals surface area (Å²) in [5.41, 5.74) is 6.84. The molecule has 2 N–H and O–H groups in total. The van der Waals surface area contributed by atoms with E-state index in [9.17, 15) is 0 Å². The average molecular weight is 83.1 g/mol. The van der Waals surface area contributed by atoms with E-state index in [0.29, 0.717) is 0 Å². The van der Waals surface area contributed by atoms with Crippen LogP contribution in [0.25, 0.3) is 0 Å². The Labute approximate surface area is 37.2 Å². The molecule has 0 aliphatic carbocycles. The summed E-state index contributed by atoms with van der Waals surface area (Å²) in [5, 5.41) is 0. The Kier molecular flexibility index (Phi) is 0.801. The Morgan fingerprint density at radius 2 is 2.33 bits per heavy atom. The maximum absolute atomic E-state index is 2.80. The lowest BCUT2D eigenvalue weighted by molar-refractivity contribution is 0.779. The van der Waals surface area contributed by atoms with Gasteiger partial charge in [0.1, 0.15) is 0 Å². The molecule has 0 atom stereocenters. The lowest BCUT2D eigenvalue weighted by atomic mass is 10.4. The van der Waals surface area contributed by atoms with Crippen molar-refractivity contribution in [1.29, 1.82) is 0 Å². The molecular weight excluding hydrogens is 76.1 g/mol. The van der Waals surface area contributed by atoms with E-state index in [-0.39, 0.29) is 0 Å². The highest BCUT2D eigenvalue weighted by Crippen LogP contribution is 1.94. The third kappa shape index (κ3) is 0.518. The van der Waals surface area contributed by atoms with E-state index in [1.54, 1.807) is 0 Å². The molecule has 2 nitrogen and oxygen atoms in total. The van der Waals surface area contributed by atoms with Crippen molar-refractivity contribution >= 4 is 0 Å². The molecule has 0 aromatic heterocycles. The zero-order chi connectivity index (χ0) is 4.41. The Bertz CT molecular complexity index is 75.6. The van der Waals surface area contributed by atoms with Crippen LogP contribution < -0.4 is 10.9 Å². The van der Waals surface area contributed by atoms with Gasteiger partial charge in [-0.25, -0.2) is 5.43 Å². The molecule has 6 heavy (non-hydrogen) atoms. The van der Waals surface area contributed by atoms with E-state index in [2.05, 4.69) is 10.9 Å². The predicted octanol–water partition coefficient (Wildman–Crippen LogP) is 0.160. The fourth-order valence-corrected chi connectivity index (χ4v) is 0.353. The van der Waals surface area contributed by atoms with Crippen LogP contribution in [0.4, 0.5) is 0 Å². The molecule has 0 fully saturated rings. The van der Waals surface area contributed by atoms with Gasteiger partial charge in [-0.2, -0.15) is 0 Å². The van der Waals surface area contributed by atoms with Crippen molar-refractivity contribution in [3.05, 3.63) is 18.3 Å². The molecule has 1 rings (SSSR count). The second-order valence-corrected chi connectivity index (χ2v) is 1.32. The van der Waals surface area contributed by atoms with Crippen LogP contribution in [0.1, 0.15) is 6.92 Å². The summed E-state index contributed by atoms with van der Waals surface area (Å²) in [6.07, 6.45) is 1.90. The van der Waals surface area contributed by atoms with Crippen LogP contribution in [0.3, 0.4) is 0 Å². The zero-order valence-electron chi connectivity index (χ0n) is 3.65. The lowest BCUT2D eigenvalue weighted by Gasteiger charge is -1.84. The zero-order valence-corrected chi connectivity index (χ0v) is 3.65. The first-order chi connectivity index (χ1) is 2.89. The molecule has 0 spiro atoms. The molecule has 1 radical (unpaired) electrons. The van der Waals surface area contributed by atoms with Crippen molar-refractivity contribution in [1.82, 2.24) is 10.9 Å². The van der Waals surface area contributed by atoms with Crippen LogP contribution in [0, 0.1) is 6.54 Å². The highest BCUT2D eigenvalue weighted by Gasteiger charge is 1.92. The normalized spacial score (nSPS) is 19.8. The van der Waals surface area contributed by atoms with E-state index >= 15 is 0 Å². The quantitative estimate of drug-likeness (QED) is 0.436. The van der Waals surface area contributed by atoms with Crippen LogP contribution in [-0.2, 0) is 0 Å². The van der Waals surface area contributed by atoms with Gasteiger partial charge in [0.05, 0.1) is 6.54 Å². The summed E-state index contributed by atoms with van der Waals surface area (Å²) in [4.78, 5) is 0. The van der Waals surface area contributed by atoms with Gasteiger partial charge in [0.2, 0.25) is 0 Å². The van der Waals surface area contributed by atoms with Crippen LogP contribution in [0.5, 0.6) is 0 Å². The van der Waals surface area contributed by atoms with Crippen LogP contribution >= 0.6 is 0 Å². The Morgan fingerprint density at radius 3 is 2.50 bits per heavy atom. The van der Waals surface area contributed by atoms with Gasteiger partial charge in [0.15, 0.2) is 0 Å². The molecular formula is C4H7N2. The summed E-state index contributed by atoms with van der Waals surface area (Å²) < 4.78 is 0. The van der Waals surface area contributed by atoms with Gasteiger partial charge in [0.25, 0.3) is 0 Å². The molecule has 0 saturated heterocycles. The second-order valence-electron chi connectivity index (χ2n) is 1.32. The van der Waals surface area contributed by atoms with Gasteiger partial charge in [-0.15, -0.1) is 0 Å². The molecule has 0 aromatic rings. The van der Waals surface area contributed by atoms with Crippen molar-refractivity contribution in [3.63, 3.8) is 0 Å². The lowest BCUT2D eigenvalue weighted by Crippen LogP contribution is -2.16. The van der Waals surface area contributed by atoms with E-state index in [4.69, 9.17) is 0 Å². The third-order valence-corrected chi connectivity index (χ3v) is 0.683. The molecule has 1 heterocycles. The molecule has 0 unspecified atom stereocenters. The fourth-order valence-electron chi connectivity index (χ4n) is 0.353. The Morgan fingerprint density at radius 1 is 1.50 bits per heavy atom. The molecule has 0 bridgehead atoms. The minimum atomic E-state index is 1.23. The topological polar surface area (TPSA) is 24.1 Å². The first-order valence-electron chi connectivity index (χ1n) is 1.90. The van der Waals surface area contributed by atoms with Gasteiger partial charge in [-0.1, -0.05) is 0 Å². The third-order valence-electron chi connectivity index (χ3n) is 0.683. The summed E-state index contributed by atoms with van der Waals surface area (Å²) in [5.74, 6) is 0. The summed E-state index contributed by atoms with van der Waals surface area (Å²) in [7, 11) is 0. The number of hydrazine groups is 1. The summed E-state index contributed by atoms with van der Waals surface area (Å²) in [6, 6.07) is 0. The average Bonchev–Trinajstić information content (AvgIpc) is 1.86. The van der Waals surface area contributed by atoms with Gasteiger partial charge in [0, 0.05) is 6.20 Å². The SMILES string of the molecule is CC1=CNN[CH]1. The minimum Gasteiger partial charge on any atom is -0.328 e. The van der Waals surface area contributed by atoms with Crippen LogP contribution in [0.15, 0.2) is 11.8 Å². The van der Waals surface area contributed by atoms with Crippen LogP contribution in [0.2, 0.25) is 0 Å². The number of nitrogens with one attached hydrogen (secondary N) is 2. The van der Waals surface area contributed by atoms with E-state index < -0.39 is 0 Å². The molecule has 0 saturated carbocycles. The Balaban J connectivity index is 2.45. The van der Waals surface area contributed by atoms with Gasteiger partial charge >= 0.3 is 0 Å². The van der Waals surface area contributed by atoms with Crippen molar-refractivity contribution in [3.8, 4) is 0 Å². The smallest absolute Gasteiger partial charge is 0.0694 e. The van der Waals surface area contributed by atoms with Crippen molar-refractivity contribution in [2.24, 2.45) is 0 Å². The molecule has 1 aliphatic heterocycles. The predicted molar refractivity (Wildman–Crippen MR) is 24.3 cm³/mol. The van der Waals surface area contributed by atoms with E-state index in [0.717, 1.165) is 0 Å². The van der Waals surface area contributed by atoms with Crippen molar-refractivity contribution in [2.45, 2.75) is 6.92 Å². The maximum Gasteiger partial charge on any atom is 0.0694 e. The monoisotopic (exact) mass is 83.1 g/mol. The molecule has 2 heteroatoms. The summed E-state index contributed by atoms with van der Waals surface area (Å²) >= 11 is 0. The largest absolute Gasteiger partial charge is 0.328 e. The second kappa shape index (κ2) is 1.30. The minimum absolute atomic E-state index is 1.23. The Hall–Kier alpha value is -0.500. The molecule has 0 aromatic carbocycles. The highest BCUT2D eigenvalue weighted by molar-refractivity contribution is 5.11. The van der Waals surface area contributed by atoms with E-state index in [1.165, 1.54) is 5.57 Å². The van der Waals surface area contributed by atoms with Gasteiger partial charge in [-0.3, -0.25) is 0 Å². The van der Waals surface area contributed by atoms with Crippen molar-refractivity contribution in [2.75, 3.05) is 0 Å².